The zero-order valence-electron chi connectivity index (χ0n) is 14.1. The molecule has 0 saturated carbocycles. The number of aliphatic hydroxyl groups excluding tert-OH is 1. The molecular weight excluding hydrogens is 320 g/mol. The van der Waals surface area contributed by atoms with Gasteiger partial charge in [-0.05, 0) is 43.4 Å². The Hall–Kier alpha value is -1.69. The van der Waals surface area contributed by atoms with E-state index >= 15 is 0 Å². The lowest BCUT2D eigenvalue weighted by atomic mass is 9.95. The van der Waals surface area contributed by atoms with Crippen LogP contribution in [0.5, 0.6) is 0 Å². The van der Waals surface area contributed by atoms with Crippen molar-refractivity contribution in [2.24, 2.45) is 0 Å². The highest BCUT2D eigenvalue weighted by atomic mass is 32.1. The van der Waals surface area contributed by atoms with Crippen LogP contribution in [0.4, 0.5) is 5.00 Å². The van der Waals surface area contributed by atoms with Gasteiger partial charge in [-0.25, -0.2) is 0 Å². The van der Waals surface area contributed by atoms with E-state index in [1.54, 1.807) is 11.3 Å². The van der Waals surface area contributed by atoms with Gasteiger partial charge in [0.25, 0.3) is 5.91 Å². The molecule has 0 radical (unpaired) electrons. The highest BCUT2D eigenvalue weighted by Gasteiger charge is 2.24. The number of hydrogen-bond donors (Lipinski definition) is 3. The number of hydrogen-bond acceptors (Lipinski definition) is 3. The molecule has 1 heterocycles. The van der Waals surface area contributed by atoms with Crippen molar-refractivity contribution < 1.29 is 14.8 Å². The van der Waals surface area contributed by atoms with Gasteiger partial charge in [0.05, 0.1) is 13.7 Å². The summed E-state index contributed by atoms with van der Waals surface area (Å²) in [6.07, 6.45) is 4.68. The highest BCUT2D eigenvalue weighted by molar-refractivity contribution is 7.16. The zero-order valence-corrected chi connectivity index (χ0v) is 14.9. The number of nitrogens with one attached hydrogen (secondary N) is 2. The van der Waals surface area contributed by atoms with Crippen LogP contribution < -0.4 is 10.2 Å². The van der Waals surface area contributed by atoms with Crippen molar-refractivity contribution in [3.05, 3.63) is 51.9 Å². The Morgan fingerprint density at radius 1 is 1.25 bits per heavy atom. The molecule has 1 amide bonds. The average molecular weight is 345 g/mol. The van der Waals surface area contributed by atoms with Gasteiger partial charge in [0.2, 0.25) is 0 Å². The molecule has 24 heavy (non-hydrogen) atoms. The van der Waals surface area contributed by atoms with Crippen LogP contribution >= 0.6 is 11.3 Å². The highest BCUT2D eigenvalue weighted by Crippen LogP contribution is 2.38. The number of anilines is 1. The third-order valence-corrected chi connectivity index (χ3v) is 5.81. The fourth-order valence-electron chi connectivity index (χ4n) is 3.27. The quantitative estimate of drug-likeness (QED) is 0.749. The first-order valence-electron chi connectivity index (χ1n) is 8.61. The van der Waals surface area contributed by atoms with Gasteiger partial charge in [0.15, 0.2) is 0 Å². The van der Waals surface area contributed by atoms with Crippen LogP contribution in [-0.4, -0.2) is 31.2 Å². The second-order valence-corrected chi connectivity index (χ2v) is 7.55. The molecular formula is C19H25N2O2S+. The second kappa shape index (κ2) is 7.92. The zero-order chi connectivity index (χ0) is 16.9. The first-order chi connectivity index (χ1) is 11.7. The number of benzene rings is 1. The number of carbonyl (C=O) groups excluding carboxylic acids is 1. The summed E-state index contributed by atoms with van der Waals surface area (Å²) in [6.45, 7) is 1.75. The standard InChI is InChI=1S/C19H24N2O2S/c1-21(11-12-22)13-16-15-9-5-6-10-17(15)24-19(16)20-18(23)14-7-3-2-4-8-14/h2-4,7-8,22H,5-6,9-13H2,1H3,(H,20,23)/p+1. The van der Waals surface area contributed by atoms with E-state index in [9.17, 15) is 9.90 Å². The number of aryl methyl sites for hydroxylation is 1. The van der Waals surface area contributed by atoms with Gasteiger partial charge in [-0.1, -0.05) is 18.2 Å². The summed E-state index contributed by atoms with van der Waals surface area (Å²) in [5, 5.41) is 13.3. The van der Waals surface area contributed by atoms with Crippen molar-refractivity contribution in [2.45, 2.75) is 32.2 Å². The fraction of sp³-hybridized carbons (Fsp3) is 0.421. The maximum atomic E-state index is 12.5. The van der Waals surface area contributed by atoms with Crippen molar-refractivity contribution in [1.29, 1.82) is 0 Å². The summed E-state index contributed by atoms with van der Waals surface area (Å²) >= 11 is 1.74. The van der Waals surface area contributed by atoms with E-state index in [1.165, 1.54) is 33.7 Å². The molecule has 2 aromatic rings. The molecule has 128 valence electrons. The van der Waals surface area contributed by atoms with E-state index in [4.69, 9.17) is 0 Å². The molecule has 1 aliphatic rings. The van der Waals surface area contributed by atoms with Crippen LogP contribution in [0.1, 0.15) is 39.2 Å². The van der Waals surface area contributed by atoms with Gasteiger partial charge in [0.1, 0.15) is 18.1 Å². The molecule has 0 aliphatic heterocycles. The molecule has 3 rings (SSSR count). The van der Waals surface area contributed by atoms with Gasteiger partial charge >= 0.3 is 0 Å². The van der Waals surface area contributed by atoms with E-state index in [1.807, 2.05) is 30.3 Å². The van der Waals surface area contributed by atoms with Crippen LogP contribution in [0.25, 0.3) is 0 Å². The monoisotopic (exact) mass is 345 g/mol. The van der Waals surface area contributed by atoms with Crippen LogP contribution in [0, 0.1) is 0 Å². The van der Waals surface area contributed by atoms with E-state index in [0.29, 0.717) is 5.56 Å². The number of quaternary nitrogens is 1. The molecule has 0 saturated heterocycles. The Morgan fingerprint density at radius 3 is 2.75 bits per heavy atom. The Bertz CT molecular complexity index is 697. The molecule has 5 heteroatoms. The minimum absolute atomic E-state index is 0.0461. The number of rotatable bonds is 6. The number of carbonyl (C=O) groups is 1. The molecule has 1 aliphatic carbocycles. The number of likely N-dealkylation sites (N-methyl/N-ethyl adjacent to an activating group) is 1. The molecule has 0 fully saturated rings. The Kier molecular flexibility index (Phi) is 5.66. The summed E-state index contributed by atoms with van der Waals surface area (Å²) in [4.78, 5) is 15.2. The predicted molar refractivity (Wildman–Crippen MR) is 97.9 cm³/mol. The third kappa shape index (κ3) is 3.86. The summed E-state index contributed by atoms with van der Waals surface area (Å²) in [7, 11) is 2.09. The Balaban J connectivity index is 1.86. The van der Waals surface area contributed by atoms with Crippen molar-refractivity contribution in [1.82, 2.24) is 0 Å². The minimum Gasteiger partial charge on any atom is -0.391 e. The molecule has 0 spiro atoms. The number of aliphatic hydroxyl groups is 1. The number of thiophene rings is 1. The Labute approximate surface area is 147 Å². The second-order valence-electron chi connectivity index (χ2n) is 6.45. The van der Waals surface area contributed by atoms with E-state index in [0.717, 1.165) is 30.9 Å². The maximum Gasteiger partial charge on any atom is 0.256 e. The van der Waals surface area contributed by atoms with Crippen LogP contribution in [0.15, 0.2) is 30.3 Å². The van der Waals surface area contributed by atoms with Crippen molar-refractivity contribution in [2.75, 3.05) is 25.5 Å². The molecule has 1 atom stereocenters. The summed E-state index contributed by atoms with van der Waals surface area (Å²) in [5.41, 5.74) is 3.39. The summed E-state index contributed by atoms with van der Waals surface area (Å²) in [5.74, 6) is -0.0461. The summed E-state index contributed by atoms with van der Waals surface area (Å²) in [6, 6.07) is 9.36. The largest absolute Gasteiger partial charge is 0.391 e. The lowest BCUT2D eigenvalue weighted by Gasteiger charge is -2.17. The number of amides is 1. The van der Waals surface area contributed by atoms with Crippen molar-refractivity contribution in [3.63, 3.8) is 0 Å². The van der Waals surface area contributed by atoms with Crippen molar-refractivity contribution >= 4 is 22.2 Å². The fourth-order valence-corrected chi connectivity index (χ4v) is 4.57. The van der Waals surface area contributed by atoms with Gasteiger partial charge in [-0.3, -0.25) is 4.79 Å². The SMILES string of the molecule is C[NH+](CCO)Cc1c(NC(=O)c2ccccc2)sc2c1CCCC2. The molecule has 4 nitrogen and oxygen atoms in total. The molecule has 1 aromatic carbocycles. The minimum atomic E-state index is -0.0461. The molecule has 1 aromatic heterocycles. The number of fused-ring (bicyclic) bond motifs is 1. The van der Waals surface area contributed by atoms with Gasteiger partial charge in [0, 0.05) is 16.0 Å². The molecule has 3 N–H and O–H groups in total. The van der Waals surface area contributed by atoms with Crippen LogP contribution in [0.3, 0.4) is 0 Å². The first-order valence-corrected chi connectivity index (χ1v) is 9.42. The van der Waals surface area contributed by atoms with Gasteiger partial charge in [-0.15, -0.1) is 11.3 Å². The molecule has 0 bridgehead atoms. The smallest absolute Gasteiger partial charge is 0.256 e. The van der Waals surface area contributed by atoms with E-state index in [2.05, 4.69) is 12.4 Å². The lowest BCUT2D eigenvalue weighted by molar-refractivity contribution is -0.894. The first kappa shape index (κ1) is 17.1. The predicted octanol–water partition coefficient (Wildman–Crippen LogP) is 1.89. The van der Waals surface area contributed by atoms with Crippen molar-refractivity contribution in [3.8, 4) is 0 Å². The summed E-state index contributed by atoms with van der Waals surface area (Å²) < 4.78 is 0. The van der Waals surface area contributed by atoms with Gasteiger partial charge in [-0.2, -0.15) is 0 Å². The van der Waals surface area contributed by atoms with E-state index < -0.39 is 0 Å². The normalized spacial score (nSPS) is 14.9. The van der Waals surface area contributed by atoms with Gasteiger partial charge < -0.3 is 15.3 Å². The topological polar surface area (TPSA) is 53.8 Å². The Morgan fingerprint density at radius 2 is 2.00 bits per heavy atom. The van der Waals surface area contributed by atoms with E-state index in [-0.39, 0.29) is 12.5 Å². The third-order valence-electron chi connectivity index (χ3n) is 4.56. The average Bonchev–Trinajstić information content (AvgIpc) is 2.93. The maximum absolute atomic E-state index is 12.5. The van der Waals surface area contributed by atoms with Crippen LogP contribution in [0.2, 0.25) is 0 Å². The van der Waals surface area contributed by atoms with Crippen LogP contribution in [-0.2, 0) is 19.4 Å². The molecule has 1 unspecified atom stereocenters. The lowest BCUT2D eigenvalue weighted by Crippen LogP contribution is -3.08.